The first-order valence-corrected chi connectivity index (χ1v) is 9.39. The number of nitriles is 1. The predicted octanol–water partition coefficient (Wildman–Crippen LogP) is 3.20. The Balaban J connectivity index is 1.74. The van der Waals surface area contributed by atoms with E-state index in [0.29, 0.717) is 11.1 Å². The standard InChI is InChI=1S/C22H22N4O/c1-3-14-8-9-17(15(10-14)13-23)20-18-6-4-5-7-19(18)21(26-25-20)24-16-11-22(2,27)12-16/h1,8-10,16,27H,4-7,11-12H2,2H3,(H,24,26). The van der Waals surface area contributed by atoms with Crippen LogP contribution in [0.5, 0.6) is 0 Å². The molecule has 5 nitrogen and oxygen atoms in total. The average molecular weight is 358 g/mol. The summed E-state index contributed by atoms with van der Waals surface area (Å²) in [5.41, 5.74) is 4.59. The summed E-state index contributed by atoms with van der Waals surface area (Å²) in [7, 11) is 0. The molecule has 0 aliphatic heterocycles. The third-order valence-corrected chi connectivity index (χ3v) is 5.56. The van der Waals surface area contributed by atoms with E-state index in [-0.39, 0.29) is 6.04 Å². The predicted molar refractivity (Wildman–Crippen MR) is 104 cm³/mol. The summed E-state index contributed by atoms with van der Waals surface area (Å²) in [6.45, 7) is 1.86. The fourth-order valence-corrected chi connectivity index (χ4v) is 4.21. The van der Waals surface area contributed by atoms with Crippen molar-refractivity contribution in [1.82, 2.24) is 10.2 Å². The molecule has 2 aliphatic carbocycles. The fourth-order valence-electron chi connectivity index (χ4n) is 4.21. The number of hydrogen-bond acceptors (Lipinski definition) is 5. The van der Waals surface area contributed by atoms with Gasteiger partial charge in [-0.15, -0.1) is 16.6 Å². The van der Waals surface area contributed by atoms with E-state index in [9.17, 15) is 10.4 Å². The van der Waals surface area contributed by atoms with Gasteiger partial charge in [-0.3, -0.25) is 0 Å². The molecule has 136 valence electrons. The number of rotatable bonds is 3. The van der Waals surface area contributed by atoms with Crippen molar-refractivity contribution in [2.45, 2.75) is 57.1 Å². The van der Waals surface area contributed by atoms with Gasteiger partial charge in [-0.2, -0.15) is 5.26 Å². The number of aliphatic hydroxyl groups is 1. The minimum absolute atomic E-state index is 0.232. The molecule has 0 atom stereocenters. The van der Waals surface area contributed by atoms with E-state index in [2.05, 4.69) is 27.5 Å². The maximum Gasteiger partial charge on any atom is 0.152 e. The van der Waals surface area contributed by atoms with Crippen molar-refractivity contribution < 1.29 is 5.11 Å². The second kappa shape index (κ2) is 6.68. The van der Waals surface area contributed by atoms with Gasteiger partial charge in [0.15, 0.2) is 5.82 Å². The van der Waals surface area contributed by atoms with E-state index in [0.717, 1.165) is 55.6 Å². The second-order valence-corrected chi connectivity index (χ2v) is 7.82. The highest BCUT2D eigenvalue weighted by molar-refractivity contribution is 5.74. The molecule has 2 N–H and O–H groups in total. The van der Waals surface area contributed by atoms with Gasteiger partial charge in [0.1, 0.15) is 0 Å². The van der Waals surface area contributed by atoms with Gasteiger partial charge in [-0.1, -0.05) is 12.0 Å². The molecule has 1 saturated carbocycles. The fraction of sp³-hybridized carbons (Fsp3) is 0.409. The normalized spacial score (nSPS) is 23.5. The first kappa shape index (κ1) is 17.5. The van der Waals surface area contributed by atoms with Crippen molar-refractivity contribution in [2.24, 2.45) is 0 Å². The second-order valence-electron chi connectivity index (χ2n) is 7.82. The zero-order valence-electron chi connectivity index (χ0n) is 15.4. The van der Waals surface area contributed by atoms with E-state index >= 15 is 0 Å². The quantitative estimate of drug-likeness (QED) is 0.824. The van der Waals surface area contributed by atoms with Crippen molar-refractivity contribution in [3.63, 3.8) is 0 Å². The molecule has 0 unspecified atom stereocenters. The van der Waals surface area contributed by atoms with Crippen LogP contribution in [0.25, 0.3) is 11.3 Å². The monoisotopic (exact) mass is 358 g/mol. The number of benzene rings is 1. The van der Waals surface area contributed by atoms with E-state index < -0.39 is 5.60 Å². The summed E-state index contributed by atoms with van der Waals surface area (Å²) >= 11 is 0. The number of aromatic nitrogens is 2. The zero-order valence-corrected chi connectivity index (χ0v) is 15.4. The van der Waals surface area contributed by atoms with Crippen molar-refractivity contribution in [2.75, 3.05) is 5.32 Å². The van der Waals surface area contributed by atoms with Crippen molar-refractivity contribution in [3.05, 3.63) is 40.5 Å². The van der Waals surface area contributed by atoms with Gasteiger partial charge in [0.2, 0.25) is 0 Å². The van der Waals surface area contributed by atoms with Gasteiger partial charge in [0, 0.05) is 22.7 Å². The number of terminal acetylenes is 1. The summed E-state index contributed by atoms with van der Waals surface area (Å²) in [6, 6.07) is 7.93. The Kier molecular flexibility index (Phi) is 4.34. The van der Waals surface area contributed by atoms with Crippen LogP contribution in [0.3, 0.4) is 0 Å². The van der Waals surface area contributed by atoms with Gasteiger partial charge >= 0.3 is 0 Å². The molecule has 2 aliphatic rings. The maximum absolute atomic E-state index is 9.97. The molecule has 2 aromatic rings. The van der Waals surface area contributed by atoms with Crippen molar-refractivity contribution in [3.8, 4) is 29.7 Å². The lowest BCUT2D eigenvalue weighted by Crippen LogP contribution is -2.48. The topological polar surface area (TPSA) is 81.8 Å². The van der Waals surface area contributed by atoms with Crippen LogP contribution in [0.15, 0.2) is 18.2 Å². The summed E-state index contributed by atoms with van der Waals surface area (Å²) in [4.78, 5) is 0. The Morgan fingerprint density at radius 2 is 1.96 bits per heavy atom. The molecule has 27 heavy (non-hydrogen) atoms. The summed E-state index contributed by atoms with van der Waals surface area (Å²) in [6.07, 6.45) is 11.0. The van der Waals surface area contributed by atoms with Gasteiger partial charge < -0.3 is 10.4 Å². The molecule has 4 rings (SSSR count). The summed E-state index contributed by atoms with van der Waals surface area (Å²) in [5.74, 6) is 3.40. The molecule has 0 saturated heterocycles. The molecule has 1 aromatic heterocycles. The minimum atomic E-state index is -0.578. The van der Waals surface area contributed by atoms with Crippen LogP contribution in [0.4, 0.5) is 5.82 Å². The van der Waals surface area contributed by atoms with Crippen LogP contribution in [-0.2, 0) is 12.8 Å². The number of nitrogens with one attached hydrogen (secondary N) is 1. The van der Waals surface area contributed by atoms with Crippen LogP contribution in [-0.4, -0.2) is 26.9 Å². The third-order valence-electron chi connectivity index (χ3n) is 5.56. The number of fused-ring (bicyclic) bond motifs is 1. The molecule has 1 fully saturated rings. The molecule has 0 spiro atoms. The lowest BCUT2D eigenvalue weighted by atomic mass is 9.77. The summed E-state index contributed by atoms with van der Waals surface area (Å²) < 4.78 is 0. The molecule has 0 radical (unpaired) electrons. The van der Waals surface area contributed by atoms with E-state index in [1.54, 1.807) is 6.07 Å². The highest BCUT2D eigenvalue weighted by atomic mass is 16.3. The number of anilines is 1. The average Bonchev–Trinajstić information content (AvgIpc) is 2.66. The van der Waals surface area contributed by atoms with E-state index in [1.165, 1.54) is 11.1 Å². The Bertz CT molecular complexity index is 973. The molecular formula is C22H22N4O. The highest BCUT2D eigenvalue weighted by Gasteiger charge is 2.39. The third kappa shape index (κ3) is 3.27. The first-order chi connectivity index (χ1) is 13.0. The van der Waals surface area contributed by atoms with E-state index in [1.807, 2.05) is 19.1 Å². The van der Waals surface area contributed by atoms with Crippen LogP contribution in [0.1, 0.15) is 54.9 Å². The molecular weight excluding hydrogens is 336 g/mol. The van der Waals surface area contributed by atoms with Gasteiger partial charge in [-0.05, 0) is 63.1 Å². The first-order valence-electron chi connectivity index (χ1n) is 9.39. The molecule has 5 heteroatoms. The summed E-state index contributed by atoms with van der Waals surface area (Å²) in [5, 5.41) is 32.0. The highest BCUT2D eigenvalue weighted by Crippen LogP contribution is 2.38. The van der Waals surface area contributed by atoms with Gasteiger partial charge in [-0.25, -0.2) is 0 Å². The molecule has 0 bridgehead atoms. The lowest BCUT2D eigenvalue weighted by molar-refractivity contribution is -0.0235. The molecule has 1 aromatic carbocycles. The molecule has 0 amide bonds. The van der Waals surface area contributed by atoms with E-state index in [4.69, 9.17) is 6.42 Å². The Morgan fingerprint density at radius 3 is 2.63 bits per heavy atom. The zero-order chi connectivity index (χ0) is 19.0. The number of hydrogen-bond donors (Lipinski definition) is 2. The maximum atomic E-state index is 9.97. The lowest BCUT2D eigenvalue weighted by Gasteiger charge is -2.41. The van der Waals surface area contributed by atoms with Crippen LogP contribution in [0.2, 0.25) is 0 Å². The van der Waals surface area contributed by atoms with Crippen LogP contribution >= 0.6 is 0 Å². The van der Waals surface area contributed by atoms with Gasteiger partial charge in [0.05, 0.1) is 22.9 Å². The Labute approximate surface area is 159 Å². The Morgan fingerprint density at radius 1 is 1.22 bits per heavy atom. The minimum Gasteiger partial charge on any atom is -0.390 e. The smallest absolute Gasteiger partial charge is 0.152 e. The SMILES string of the molecule is C#Cc1ccc(-c2nnc(NC3CC(C)(O)C3)c3c2CCCC3)c(C#N)c1. The molecule has 1 heterocycles. The Hall–Kier alpha value is -2.89. The van der Waals surface area contributed by atoms with Crippen LogP contribution in [0, 0.1) is 23.7 Å². The number of nitrogens with zero attached hydrogens (tertiary/aromatic N) is 3. The van der Waals surface area contributed by atoms with Crippen molar-refractivity contribution >= 4 is 5.82 Å². The van der Waals surface area contributed by atoms with Crippen LogP contribution < -0.4 is 5.32 Å². The van der Waals surface area contributed by atoms with Gasteiger partial charge in [0.25, 0.3) is 0 Å². The van der Waals surface area contributed by atoms with Crippen molar-refractivity contribution in [1.29, 1.82) is 5.26 Å². The largest absolute Gasteiger partial charge is 0.390 e.